The maximum absolute atomic E-state index is 12.0. The molecule has 3 rings (SSSR count). The Morgan fingerprint density at radius 3 is 2.74 bits per heavy atom. The van der Waals surface area contributed by atoms with Crippen LogP contribution in [0.25, 0.3) is 5.69 Å². The molecule has 8 nitrogen and oxygen atoms in total. The number of carbonyl (C=O) groups is 1. The molecule has 0 aliphatic heterocycles. The molecule has 0 fully saturated rings. The van der Waals surface area contributed by atoms with Crippen molar-refractivity contribution in [1.82, 2.24) is 25.6 Å². The number of amides is 1. The smallest absolute Gasteiger partial charge is 0.271 e. The van der Waals surface area contributed by atoms with Crippen molar-refractivity contribution in [2.45, 2.75) is 0 Å². The number of aromatic nitrogens is 4. The fourth-order valence-electron chi connectivity index (χ4n) is 1.88. The summed E-state index contributed by atoms with van der Waals surface area (Å²) in [5.74, 6) is -0.205. The van der Waals surface area contributed by atoms with E-state index in [0.717, 1.165) is 5.69 Å². The van der Waals surface area contributed by atoms with Gasteiger partial charge in [-0.2, -0.15) is 5.10 Å². The van der Waals surface area contributed by atoms with Crippen molar-refractivity contribution in [3.05, 3.63) is 66.0 Å². The molecule has 0 spiro atoms. The maximum Gasteiger partial charge on any atom is 0.271 e. The van der Waals surface area contributed by atoms with E-state index >= 15 is 0 Å². The van der Waals surface area contributed by atoms with E-state index in [4.69, 9.17) is 0 Å². The Labute approximate surface area is 131 Å². The van der Waals surface area contributed by atoms with Crippen LogP contribution < -0.4 is 5.43 Å². The number of phenols is 1. The fourth-order valence-corrected chi connectivity index (χ4v) is 1.88. The van der Waals surface area contributed by atoms with Crippen LogP contribution in [0.2, 0.25) is 0 Å². The number of phenolic OH excluding ortho intramolecular Hbond substituents is 1. The highest BCUT2D eigenvalue weighted by molar-refractivity contribution is 5.95. The Balaban J connectivity index is 1.64. The number of nitrogens with zero attached hydrogens (tertiary/aromatic N) is 5. The lowest BCUT2D eigenvalue weighted by atomic mass is 10.2. The summed E-state index contributed by atoms with van der Waals surface area (Å²) < 4.78 is 1.49. The molecule has 2 N–H and O–H groups in total. The van der Waals surface area contributed by atoms with E-state index in [2.05, 4.69) is 26.1 Å². The van der Waals surface area contributed by atoms with Gasteiger partial charge in [0.05, 0.1) is 11.9 Å². The van der Waals surface area contributed by atoms with Gasteiger partial charge in [0.2, 0.25) is 0 Å². The van der Waals surface area contributed by atoms with Crippen molar-refractivity contribution >= 4 is 12.1 Å². The van der Waals surface area contributed by atoms with Gasteiger partial charge in [-0.05, 0) is 52.4 Å². The first-order chi connectivity index (χ1) is 11.2. The van der Waals surface area contributed by atoms with Crippen molar-refractivity contribution < 1.29 is 9.90 Å². The van der Waals surface area contributed by atoms with Crippen LogP contribution in [-0.2, 0) is 0 Å². The second kappa shape index (κ2) is 6.48. The minimum atomic E-state index is -0.343. The van der Waals surface area contributed by atoms with E-state index in [1.807, 2.05) is 0 Å². The van der Waals surface area contributed by atoms with Gasteiger partial charge in [0.1, 0.15) is 12.1 Å². The standard InChI is InChI=1S/C15H12N6O2/c22-14-3-1-2-11(8-14)9-16-18-15(23)12-4-6-13(7-5-12)21-10-17-19-20-21/h1-10,22H,(H,18,23)/b16-9-. The zero-order valence-corrected chi connectivity index (χ0v) is 11.9. The van der Waals surface area contributed by atoms with Gasteiger partial charge in [-0.15, -0.1) is 5.10 Å². The number of hydrogen-bond donors (Lipinski definition) is 2. The highest BCUT2D eigenvalue weighted by Gasteiger charge is 2.05. The summed E-state index contributed by atoms with van der Waals surface area (Å²) in [4.78, 5) is 12.0. The number of aromatic hydroxyl groups is 1. The predicted molar refractivity (Wildman–Crippen MR) is 82.3 cm³/mol. The molecule has 0 radical (unpaired) electrons. The van der Waals surface area contributed by atoms with Crippen LogP contribution in [0.3, 0.4) is 0 Å². The van der Waals surface area contributed by atoms with Gasteiger partial charge < -0.3 is 5.11 Å². The zero-order valence-electron chi connectivity index (χ0n) is 11.9. The fraction of sp³-hybridized carbons (Fsp3) is 0. The first-order valence-electron chi connectivity index (χ1n) is 6.68. The number of rotatable bonds is 4. The first-order valence-corrected chi connectivity index (χ1v) is 6.68. The zero-order chi connectivity index (χ0) is 16.1. The molecule has 1 aromatic heterocycles. The molecule has 0 aliphatic rings. The molecular formula is C15H12N6O2. The molecule has 0 aliphatic carbocycles. The van der Waals surface area contributed by atoms with Gasteiger partial charge in [-0.3, -0.25) is 4.79 Å². The summed E-state index contributed by atoms with van der Waals surface area (Å²) >= 11 is 0. The summed E-state index contributed by atoms with van der Waals surface area (Å²) in [5, 5.41) is 24.1. The Kier molecular flexibility index (Phi) is 4.05. The van der Waals surface area contributed by atoms with Gasteiger partial charge in [0.15, 0.2) is 0 Å². The van der Waals surface area contributed by atoms with Gasteiger partial charge in [-0.25, -0.2) is 10.1 Å². The Bertz CT molecular complexity index is 827. The summed E-state index contributed by atoms with van der Waals surface area (Å²) in [6, 6.07) is 13.3. The van der Waals surface area contributed by atoms with E-state index in [9.17, 15) is 9.90 Å². The normalized spacial score (nSPS) is 10.8. The van der Waals surface area contributed by atoms with Gasteiger partial charge in [-0.1, -0.05) is 12.1 Å². The van der Waals surface area contributed by atoms with Crippen molar-refractivity contribution in [2.24, 2.45) is 5.10 Å². The average Bonchev–Trinajstić information content (AvgIpc) is 3.09. The average molecular weight is 308 g/mol. The van der Waals surface area contributed by atoms with E-state index in [0.29, 0.717) is 11.1 Å². The minimum absolute atomic E-state index is 0.137. The van der Waals surface area contributed by atoms with Crippen LogP contribution in [0.15, 0.2) is 60.0 Å². The van der Waals surface area contributed by atoms with E-state index in [-0.39, 0.29) is 11.7 Å². The molecule has 114 valence electrons. The number of hydrogen-bond acceptors (Lipinski definition) is 6. The Hall–Kier alpha value is -3.55. The largest absolute Gasteiger partial charge is 0.508 e. The quantitative estimate of drug-likeness (QED) is 0.555. The summed E-state index contributed by atoms with van der Waals surface area (Å²) in [6.07, 6.45) is 2.92. The van der Waals surface area contributed by atoms with Crippen molar-refractivity contribution in [2.75, 3.05) is 0 Å². The number of hydrazone groups is 1. The summed E-state index contributed by atoms with van der Waals surface area (Å²) in [6.45, 7) is 0. The monoisotopic (exact) mass is 308 g/mol. The van der Waals surface area contributed by atoms with Crippen LogP contribution in [-0.4, -0.2) is 37.4 Å². The maximum atomic E-state index is 12.0. The van der Waals surface area contributed by atoms with Crippen LogP contribution >= 0.6 is 0 Å². The predicted octanol–water partition coefficient (Wildman–Crippen LogP) is 1.13. The van der Waals surface area contributed by atoms with Gasteiger partial charge in [0.25, 0.3) is 5.91 Å². The molecular weight excluding hydrogens is 296 g/mol. The van der Waals surface area contributed by atoms with Crippen LogP contribution in [0.1, 0.15) is 15.9 Å². The molecule has 8 heteroatoms. The molecule has 1 amide bonds. The van der Waals surface area contributed by atoms with E-state index in [1.54, 1.807) is 42.5 Å². The number of benzene rings is 2. The SMILES string of the molecule is O=C(N/N=C\c1cccc(O)c1)c1ccc(-n2cnnn2)cc1. The highest BCUT2D eigenvalue weighted by Crippen LogP contribution is 2.09. The lowest BCUT2D eigenvalue weighted by Gasteiger charge is -2.02. The summed E-state index contributed by atoms with van der Waals surface area (Å²) in [7, 11) is 0. The minimum Gasteiger partial charge on any atom is -0.508 e. The van der Waals surface area contributed by atoms with Crippen LogP contribution in [0.5, 0.6) is 5.75 Å². The van der Waals surface area contributed by atoms with E-state index < -0.39 is 0 Å². The highest BCUT2D eigenvalue weighted by atomic mass is 16.3. The summed E-state index contributed by atoms with van der Waals surface area (Å²) in [5.41, 5.74) is 4.30. The molecule has 0 bridgehead atoms. The lowest BCUT2D eigenvalue weighted by molar-refractivity contribution is 0.0955. The number of tetrazole rings is 1. The molecule has 3 aromatic rings. The van der Waals surface area contributed by atoms with Crippen molar-refractivity contribution in [3.63, 3.8) is 0 Å². The Morgan fingerprint density at radius 1 is 1.22 bits per heavy atom. The van der Waals surface area contributed by atoms with E-state index in [1.165, 1.54) is 23.3 Å². The Morgan fingerprint density at radius 2 is 2.04 bits per heavy atom. The lowest BCUT2D eigenvalue weighted by Crippen LogP contribution is -2.17. The van der Waals surface area contributed by atoms with Crippen LogP contribution in [0, 0.1) is 0 Å². The third kappa shape index (κ3) is 3.56. The third-order valence-electron chi connectivity index (χ3n) is 2.99. The molecule has 1 heterocycles. The molecule has 23 heavy (non-hydrogen) atoms. The number of carbonyl (C=O) groups excluding carboxylic acids is 1. The third-order valence-corrected chi connectivity index (χ3v) is 2.99. The molecule has 0 saturated carbocycles. The number of nitrogens with one attached hydrogen (secondary N) is 1. The van der Waals surface area contributed by atoms with Crippen molar-refractivity contribution in [3.8, 4) is 11.4 Å². The molecule has 0 unspecified atom stereocenters. The van der Waals surface area contributed by atoms with Gasteiger partial charge >= 0.3 is 0 Å². The topological polar surface area (TPSA) is 105 Å². The second-order valence-electron chi connectivity index (χ2n) is 4.60. The van der Waals surface area contributed by atoms with Gasteiger partial charge in [0, 0.05) is 5.56 Å². The van der Waals surface area contributed by atoms with Crippen molar-refractivity contribution in [1.29, 1.82) is 0 Å². The van der Waals surface area contributed by atoms with Crippen LogP contribution in [0.4, 0.5) is 0 Å². The second-order valence-corrected chi connectivity index (χ2v) is 4.60. The molecule has 0 saturated heterocycles. The molecule has 0 atom stereocenters. The first kappa shape index (κ1) is 14.4. The molecule has 2 aromatic carbocycles.